The molecule has 1 unspecified atom stereocenters. The molecule has 1 aromatic rings. The second kappa shape index (κ2) is 3.56. The Morgan fingerprint density at radius 2 is 1.62 bits per heavy atom. The van der Waals surface area contributed by atoms with Crippen LogP contribution in [0.3, 0.4) is 0 Å². The number of rotatable bonds is 2. The zero-order chi connectivity index (χ0) is 11.9. The summed E-state index contributed by atoms with van der Waals surface area (Å²) in [6, 6.07) is 6.16. The van der Waals surface area contributed by atoms with Gasteiger partial charge in [-0.3, -0.25) is 4.55 Å². The van der Waals surface area contributed by atoms with Crippen LogP contribution in [0.2, 0.25) is 0 Å². The third-order valence-corrected chi connectivity index (χ3v) is 2.80. The van der Waals surface area contributed by atoms with Gasteiger partial charge in [-0.25, -0.2) is 9.59 Å². The minimum absolute atomic E-state index is 0.195. The van der Waals surface area contributed by atoms with E-state index in [9.17, 15) is 13.8 Å². The Morgan fingerprint density at radius 1 is 1.19 bits per heavy atom. The highest BCUT2D eigenvalue weighted by atomic mass is 32.2. The van der Waals surface area contributed by atoms with E-state index in [1.165, 1.54) is 12.1 Å². The summed E-state index contributed by atoms with van der Waals surface area (Å²) in [6.07, 6.45) is 0. The predicted octanol–water partition coefficient (Wildman–Crippen LogP) is 0.496. The number of fused-ring (bicyclic) bond motifs is 1. The number of benzene rings is 1. The van der Waals surface area contributed by atoms with Crippen molar-refractivity contribution in [3.63, 3.8) is 0 Å². The van der Waals surface area contributed by atoms with Gasteiger partial charge >= 0.3 is 23.2 Å². The molecular weight excluding hydrogens is 234 g/mol. The second-order valence-electron chi connectivity index (χ2n) is 3.37. The normalized spacial score (nSPS) is 19.6. The van der Waals surface area contributed by atoms with Crippen LogP contribution in [0.5, 0.6) is 0 Å². The third-order valence-electron chi connectivity index (χ3n) is 2.38. The molecule has 1 aromatic carbocycles. The molecule has 0 spiro atoms. The molecule has 1 atom stereocenters. The van der Waals surface area contributed by atoms with Gasteiger partial charge in [-0.1, -0.05) is 16.4 Å². The fourth-order valence-corrected chi connectivity index (χ4v) is 1.99. The summed E-state index contributed by atoms with van der Waals surface area (Å²) in [7, 11) is 1.14. The van der Waals surface area contributed by atoms with Crippen molar-refractivity contribution in [2.24, 2.45) is 0 Å². The van der Waals surface area contributed by atoms with Crippen LogP contribution < -0.4 is 0 Å². The van der Waals surface area contributed by atoms with E-state index in [1.54, 1.807) is 12.1 Å². The van der Waals surface area contributed by atoms with Crippen LogP contribution in [0, 0.1) is 0 Å². The van der Waals surface area contributed by atoms with Crippen molar-refractivity contribution in [1.29, 1.82) is 0 Å². The summed E-state index contributed by atoms with van der Waals surface area (Å²) < 4.78 is 22.5. The molecule has 0 bridgehead atoms. The van der Waals surface area contributed by atoms with Crippen molar-refractivity contribution in [2.75, 3.05) is 7.05 Å². The molecule has 0 fully saturated rings. The SMILES string of the molecule is C[N+]1(OS(=O)O)C(=O)c2ccccc2C1=O. The van der Waals surface area contributed by atoms with Gasteiger partial charge in [0.2, 0.25) is 0 Å². The number of amides is 2. The number of hydroxylamine groups is 3. The quantitative estimate of drug-likeness (QED) is 0.464. The lowest BCUT2D eigenvalue weighted by Crippen LogP contribution is -2.49. The van der Waals surface area contributed by atoms with E-state index in [0.29, 0.717) is 0 Å². The molecule has 2 amide bonds. The van der Waals surface area contributed by atoms with Crippen LogP contribution >= 0.6 is 0 Å². The lowest BCUT2D eigenvalue weighted by Gasteiger charge is -2.16. The first-order valence-electron chi connectivity index (χ1n) is 4.33. The van der Waals surface area contributed by atoms with Crippen LogP contribution in [-0.2, 0) is 15.6 Å². The van der Waals surface area contributed by atoms with Crippen LogP contribution in [0.15, 0.2) is 24.3 Å². The minimum Gasteiger partial charge on any atom is -0.280 e. The van der Waals surface area contributed by atoms with E-state index in [-0.39, 0.29) is 11.1 Å². The lowest BCUT2D eigenvalue weighted by atomic mass is 10.1. The van der Waals surface area contributed by atoms with Gasteiger partial charge in [-0.05, 0) is 16.8 Å². The molecule has 6 nitrogen and oxygen atoms in total. The van der Waals surface area contributed by atoms with E-state index in [4.69, 9.17) is 4.55 Å². The van der Waals surface area contributed by atoms with Gasteiger partial charge in [0.1, 0.15) is 7.05 Å². The van der Waals surface area contributed by atoms with Gasteiger partial charge in [-0.15, -0.1) is 0 Å². The maximum Gasteiger partial charge on any atom is 0.387 e. The lowest BCUT2D eigenvalue weighted by molar-refractivity contribution is -0.922. The predicted molar refractivity (Wildman–Crippen MR) is 53.1 cm³/mol. The van der Waals surface area contributed by atoms with E-state index in [1.807, 2.05) is 0 Å². The standard InChI is InChI=1S/C9H7NO5S/c1-10(15-16(13)14)8(11)6-4-2-3-5-7(6)9(10)12/h2-5H,1H3/p+1. The van der Waals surface area contributed by atoms with Crippen molar-refractivity contribution in [2.45, 2.75) is 0 Å². The van der Waals surface area contributed by atoms with Gasteiger partial charge < -0.3 is 0 Å². The van der Waals surface area contributed by atoms with E-state index in [0.717, 1.165) is 7.05 Å². The topological polar surface area (TPSA) is 80.7 Å². The summed E-state index contributed by atoms with van der Waals surface area (Å²) in [5.74, 6) is -1.30. The first-order valence-corrected chi connectivity index (χ1v) is 5.36. The maximum atomic E-state index is 11.8. The first-order chi connectivity index (χ1) is 7.47. The molecule has 0 aliphatic carbocycles. The highest BCUT2D eigenvalue weighted by Crippen LogP contribution is 2.28. The fourth-order valence-electron chi connectivity index (χ4n) is 1.60. The molecule has 1 aliphatic rings. The average molecular weight is 242 g/mol. The number of hydrogen-bond acceptors (Lipinski definition) is 4. The van der Waals surface area contributed by atoms with Gasteiger partial charge in [0.25, 0.3) is 0 Å². The van der Waals surface area contributed by atoms with Crippen LogP contribution in [0.1, 0.15) is 20.7 Å². The molecule has 0 radical (unpaired) electrons. The van der Waals surface area contributed by atoms with Crippen molar-refractivity contribution < 1.29 is 27.3 Å². The van der Waals surface area contributed by atoms with Crippen LogP contribution in [-0.4, -0.2) is 32.3 Å². The number of hydrogen-bond donors (Lipinski definition) is 1. The van der Waals surface area contributed by atoms with Gasteiger partial charge in [-0.2, -0.15) is 4.21 Å². The largest absolute Gasteiger partial charge is 0.387 e. The zero-order valence-corrected chi connectivity index (χ0v) is 9.06. The smallest absolute Gasteiger partial charge is 0.280 e. The van der Waals surface area contributed by atoms with Gasteiger partial charge in [0.05, 0.1) is 11.1 Å². The Kier molecular flexibility index (Phi) is 2.47. The van der Waals surface area contributed by atoms with Gasteiger partial charge in [0, 0.05) is 0 Å². The average Bonchev–Trinajstić information content (AvgIpc) is 2.42. The molecule has 84 valence electrons. The summed E-state index contributed by atoms with van der Waals surface area (Å²) in [5, 5.41) is 0. The fraction of sp³-hybridized carbons (Fsp3) is 0.111. The summed E-state index contributed by atoms with van der Waals surface area (Å²) in [5.41, 5.74) is 0.390. The van der Waals surface area contributed by atoms with E-state index >= 15 is 0 Å². The highest BCUT2D eigenvalue weighted by molar-refractivity contribution is 7.74. The maximum absolute atomic E-state index is 11.8. The van der Waals surface area contributed by atoms with E-state index in [2.05, 4.69) is 4.28 Å². The van der Waals surface area contributed by atoms with E-state index < -0.39 is 27.8 Å². The molecule has 1 heterocycles. The summed E-state index contributed by atoms with van der Waals surface area (Å²) >= 11 is -2.69. The monoisotopic (exact) mass is 242 g/mol. The summed E-state index contributed by atoms with van der Waals surface area (Å²) in [4.78, 5) is 23.7. The number of imide groups is 1. The Hall–Kier alpha value is -1.41. The molecule has 1 aliphatic heterocycles. The number of nitrogens with zero attached hydrogens (tertiary/aromatic N) is 1. The minimum atomic E-state index is -2.69. The number of carbonyl (C=O) groups excluding carboxylic acids is 2. The molecule has 16 heavy (non-hydrogen) atoms. The molecular formula is C9H8NO5S+. The van der Waals surface area contributed by atoms with Crippen molar-refractivity contribution in [1.82, 2.24) is 0 Å². The molecule has 7 heteroatoms. The Bertz CT molecular complexity index is 477. The van der Waals surface area contributed by atoms with Crippen LogP contribution in [0.4, 0.5) is 0 Å². The Balaban J connectivity index is 2.53. The zero-order valence-electron chi connectivity index (χ0n) is 8.25. The van der Waals surface area contributed by atoms with Crippen molar-refractivity contribution >= 4 is 23.2 Å². The summed E-state index contributed by atoms with van der Waals surface area (Å²) in [6.45, 7) is 0. The third kappa shape index (κ3) is 1.41. The molecule has 2 rings (SSSR count). The second-order valence-corrected chi connectivity index (χ2v) is 3.95. The number of carbonyl (C=O) groups is 2. The van der Waals surface area contributed by atoms with Crippen LogP contribution in [0.25, 0.3) is 0 Å². The molecule has 0 saturated heterocycles. The molecule has 0 aromatic heterocycles. The van der Waals surface area contributed by atoms with Gasteiger partial charge in [0.15, 0.2) is 0 Å². The Labute approximate surface area is 93.5 Å². The first kappa shape index (κ1) is 11.1. The van der Waals surface area contributed by atoms with Crippen molar-refractivity contribution in [3.8, 4) is 0 Å². The highest BCUT2D eigenvalue weighted by Gasteiger charge is 2.54. The van der Waals surface area contributed by atoms with Crippen molar-refractivity contribution in [3.05, 3.63) is 35.4 Å². The molecule has 0 saturated carbocycles. The number of quaternary nitrogens is 1. The molecule has 1 N–H and O–H groups in total. The Morgan fingerprint density at radius 3 is 2.00 bits per heavy atom.